The van der Waals surface area contributed by atoms with E-state index in [0.29, 0.717) is 5.56 Å². The lowest BCUT2D eigenvalue weighted by Gasteiger charge is -2.22. The molecule has 0 saturated heterocycles. The van der Waals surface area contributed by atoms with Crippen LogP contribution in [0.15, 0.2) is 24.3 Å². The molecule has 0 radical (unpaired) electrons. The Morgan fingerprint density at radius 1 is 1.18 bits per heavy atom. The van der Waals surface area contributed by atoms with Crippen LogP contribution < -0.4 is 4.74 Å². The van der Waals surface area contributed by atoms with Gasteiger partial charge < -0.3 is 9.84 Å². The van der Waals surface area contributed by atoms with Gasteiger partial charge >= 0.3 is 12.4 Å². The largest absolute Gasteiger partial charge is 0.484 e. The lowest BCUT2D eigenvalue weighted by molar-refractivity contribution is -0.207. The van der Waals surface area contributed by atoms with Crippen LogP contribution in [0.25, 0.3) is 0 Å². The Hall–Kier alpha value is -1.48. The van der Waals surface area contributed by atoms with Crippen LogP contribution in [-0.2, 0) is 6.54 Å². The minimum atomic E-state index is -4.72. The molecule has 1 rings (SSSR count). The normalized spacial score (nSPS) is 14.2. The van der Waals surface area contributed by atoms with Crippen molar-refractivity contribution in [2.24, 2.45) is 0 Å². The number of alkyl halides is 6. The Balaban J connectivity index is 2.59. The van der Waals surface area contributed by atoms with Crippen molar-refractivity contribution in [3.63, 3.8) is 0 Å². The summed E-state index contributed by atoms with van der Waals surface area (Å²) in [5.41, 5.74) is 0.469. The van der Waals surface area contributed by atoms with Gasteiger partial charge in [0.1, 0.15) is 5.75 Å². The molecule has 1 aromatic carbocycles. The molecule has 0 amide bonds. The number of aliphatic hydroxyl groups excluding tert-OH is 1. The maximum absolute atomic E-state index is 12.2. The van der Waals surface area contributed by atoms with Crippen molar-refractivity contribution >= 4 is 0 Å². The Labute approximate surface area is 123 Å². The summed E-state index contributed by atoms with van der Waals surface area (Å²) in [5.74, 6) is -0.0282. The highest BCUT2D eigenvalue weighted by molar-refractivity contribution is 5.28. The number of aliphatic hydroxyl groups is 1. The first-order valence-corrected chi connectivity index (χ1v) is 6.19. The van der Waals surface area contributed by atoms with Crippen molar-refractivity contribution in [3.8, 4) is 5.75 Å². The molecule has 3 nitrogen and oxygen atoms in total. The molecule has 1 unspecified atom stereocenters. The fourth-order valence-electron chi connectivity index (χ4n) is 1.67. The van der Waals surface area contributed by atoms with Crippen molar-refractivity contribution < 1.29 is 36.2 Å². The average molecular weight is 331 g/mol. The molecule has 1 N–H and O–H groups in total. The summed E-state index contributed by atoms with van der Waals surface area (Å²) >= 11 is 0. The molecule has 0 saturated carbocycles. The van der Waals surface area contributed by atoms with Crippen molar-refractivity contribution in [2.45, 2.75) is 25.0 Å². The summed E-state index contributed by atoms with van der Waals surface area (Å²) in [7, 11) is 1.36. The second-order valence-electron chi connectivity index (χ2n) is 4.81. The van der Waals surface area contributed by atoms with Crippen molar-refractivity contribution in [2.75, 3.05) is 20.2 Å². The van der Waals surface area contributed by atoms with Gasteiger partial charge in [-0.3, -0.25) is 4.90 Å². The molecule has 0 spiro atoms. The summed E-state index contributed by atoms with van der Waals surface area (Å²) in [4.78, 5) is 1.21. The average Bonchev–Trinajstić information content (AvgIpc) is 2.34. The number of hydrogen-bond acceptors (Lipinski definition) is 3. The number of halogens is 6. The number of rotatable bonds is 6. The molecular weight excluding hydrogens is 316 g/mol. The number of likely N-dealkylation sites (N-methyl/N-ethyl adjacent to an activating group) is 1. The first-order valence-electron chi connectivity index (χ1n) is 6.19. The molecular formula is C13H15F6NO2. The smallest absolute Gasteiger partial charge is 0.422 e. The fraction of sp³-hybridized carbons (Fsp3) is 0.538. The first-order chi connectivity index (χ1) is 9.97. The van der Waals surface area contributed by atoms with Crippen LogP contribution in [0.5, 0.6) is 5.75 Å². The topological polar surface area (TPSA) is 32.7 Å². The third-order valence-corrected chi connectivity index (χ3v) is 2.62. The zero-order valence-corrected chi connectivity index (χ0v) is 11.6. The minimum absolute atomic E-state index is 0.0242. The van der Waals surface area contributed by atoms with Gasteiger partial charge in [-0.2, -0.15) is 26.3 Å². The van der Waals surface area contributed by atoms with Gasteiger partial charge in [-0.25, -0.2) is 0 Å². The van der Waals surface area contributed by atoms with Crippen molar-refractivity contribution in [1.29, 1.82) is 0 Å². The maximum atomic E-state index is 12.2. The number of ether oxygens (including phenoxy) is 1. The van der Waals surface area contributed by atoms with Crippen molar-refractivity contribution in [1.82, 2.24) is 4.90 Å². The van der Waals surface area contributed by atoms with Gasteiger partial charge in [-0.1, -0.05) is 12.1 Å². The van der Waals surface area contributed by atoms with Crippen LogP contribution in [0.3, 0.4) is 0 Å². The molecule has 0 fully saturated rings. The number of nitrogens with zero attached hydrogens (tertiary/aromatic N) is 1. The molecule has 0 aromatic heterocycles. The first kappa shape index (κ1) is 18.6. The maximum Gasteiger partial charge on any atom is 0.422 e. The van der Waals surface area contributed by atoms with E-state index in [1.807, 2.05) is 0 Å². The van der Waals surface area contributed by atoms with Crippen LogP contribution in [0.4, 0.5) is 26.3 Å². The summed E-state index contributed by atoms with van der Waals surface area (Å²) < 4.78 is 77.3. The van der Waals surface area contributed by atoms with E-state index in [2.05, 4.69) is 4.74 Å². The zero-order chi connectivity index (χ0) is 17.0. The van der Waals surface area contributed by atoms with Gasteiger partial charge in [0.05, 0.1) is 0 Å². The highest BCUT2D eigenvalue weighted by atomic mass is 19.4. The van der Waals surface area contributed by atoms with Crippen LogP contribution >= 0.6 is 0 Å². The molecule has 22 heavy (non-hydrogen) atoms. The molecule has 0 heterocycles. The lowest BCUT2D eigenvalue weighted by Crippen LogP contribution is -2.39. The standard InChI is InChI=1S/C13H15F6NO2/c1-20(7-11(21)13(17,18)19)6-9-3-2-4-10(5-9)22-8-12(14,15)16/h2-5,11,21H,6-8H2,1H3. The van der Waals surface area contributed by atoms with E-state index in [0.717, 1.165) is 0 Å². The second kappa shape index (κ2) is 7.19. The molecule has 1 atom stereocenters. The molecule has 9 heteroatoms. The van der Waals surface area contributed by atoms with Gasteiger partial charge in [-0.15, -0.1) is 0 Å². The van der Waals surface area contributed by atoms with E-state index in [1.54, 1.807) is 0 Å². The fourth-order valence-corrected chi connectivity index (χ4v) is 1.67. The molecule has 1 aromatic rings. The predicted molar refractivity (Wildman–Crippen MR) is 66.4 cm³/mol. The Morgan fingerprint density at radius 2 is 1.82 bits per heavy atom. The Kier molecular flexibility index (Phi) is 6.07. The number of hydrogen-bond donors (Lipinski definition) is 1. The Morgan fingerprint density at radius 3 is 2.36 bits per heavy atom. The van der Waals surface area contributed by atoms with E-state index in [9.17, 15) is 26.3 Å². The molecule has 126 valence electrons. The third kappa shape index (κ3) is 6.99. The second-order valence-corrected chi connectivity index (χ2v) is 4.81. The number of benzene rings is 1. The van der Waals surface area contributed by atoms with Gasteiger partial charge in [0, 0.05) is 13.1 Å². The van der Waals surface area contributed by atoms with Gasteiger partial charge in [0.2, 0.25) is 0 Å². The van der Waals surface area contributed by atoms with Gasteiger partial charge in [0.25, 0.3) is 0 Å². The van der Waals surface area contributed by atoms with Crippen molar-refractivity contribution in [3.05, 3.63) is 29.8 Å². The molecule has 0 aliphatic heterocycles. The van der Waals surface area contributed by atoms with E-state index in [1.165, 1.54) is 36.2 Å². The monoisotopic (exact) mass is 331 g/mol. The van der Waals surface area contributed by atoms with Crippen LogP contribution in [0, 0.1) is 0 Å². The molecule has 0 aliphatic rings. The third-order valence-electron chi connectivity index (χ3n) is 2.62. The van der Waals surface area contributed by atoms with Crippen LogP contribution in [-0.4, -0.2) is 48.7 Å². The van der Waals surface area contributed by atoms with E-state index in [4.69, 9.17) is 5.11 Å². The zero-order valence-electron chi connectivity index (χ0n) is 11.6. The minimum Gasteiger partial charge on any atom is -0.484 e. The lowest BCUT2D eigenvalue weighted by atomic mass is 10.2. The highest BCUT2D eigenvalue weighted by Gasteiger charge is 2.38. The van der Waals surface area contributed by atoms with E-state index >= 15 is 0 Å². The summed E-state index contributed by atoms with van der Waals surface area (Å²) in [5, 5.41) is 8.95. The predicted octanol–water partition coefficient (Wildman–Crippen LogP) is 2.98. The summed E-state index contributed by atoms with van der Waals surface area (Å²) in [6.45, 7) is -2.06. The SMILES string of the molecule is CN(Cc1cccc(OCC(F)(F)F)c1)CC(O)C(F)(F)F. The summed E-state index contributed by atoms with van der Waals surface area (Å²) in [6, 6.07) is 5.61. The Bertz CT molecular complexity index is 474. The highest BCUT2D eigenvalue weighted by Crippen LogP contribution is 2.22. The summed E-state index contributed by atoms with van der Waals surface area (Å²) in [6.07, 6.45) is -11.7. The van der Waals surface area contributed by atoms with E-state index < -0.39 is 31.6 Å². The molecule has 0 bridgehead atoms. The van der Waals surface area contributed by atoms with Gasteiger partial charge in [0.15, 0.2) is 12.7 Å². The van der Waals surface area contributed by atoms with Gasteiger partial charge in [-0.05, 0) is 24.7 Å². The van der Waals surface area contributed by atoms with Crippen LogP contribution in [0.1, 0.15) is 5.56 Å². The van der Waals surface area contributed by atoms with E-state index in [-0.39, 0.29) is 12.3 Å². The quantitative estimate of drug-likeness (QED) is 0.814. The molecule has 0 aliphatic carbocycles. The van der Waals surface area contributed by atoms with Crippen LogP contribution in [0.2, 0.25) is 0 Å².